The van der Waals surface area contributed by atoms with Gasteiger partial charge in [0.15, 0.2) is 0 Å². The monoisotopic (exact) mass is 247 g/mol. The Morgan fingerprint density at radius 3 is 2.44 bits per heavy atom. The zero-order chi connectivity index (χ0) is 11.6. The Labute approximate surface area is 100 Å². The summed E-state index contributed by atoms with van der Waals surface area (Å²) >= 11 is 0. The number of nitrogens with zero attached hydrogens (tertiary/aromatic N) is 1. The van der Waals surface area contributed by atoms with E-state index < -0.39 is 11.8 Å². The van der Waals surface area contributed by atoms with Crippen molar-refractivity contribution in [3.63, 3.8) is 0 Å². The lowest BCUT2D eigenvalue weighted by molar-refractivity contribution is 0.0693. The highest BCUT2D eigenvalue weighted by Gasteiger charge is 2.17. The van der Waals surface area contributed by atoms with Gasteiger partial charge in [-0.3, -0.25) is 0 Å². The highest BCUT2D eigenvalue weighted by molar-refractivity contribution is 5.89. The minimum atomic E-state index is -1.03. The van der Waals surface area contributed by atoms with Crippen molar-refractivity contribution in [1.82, 2.24) is 4.90 Å². The van der Waals surface area contributed by atoms with E-state index in [1.807, 2.05) is 25.9 Å². The van der Waals surface area contributed by atoms with Gasteiger partial charge in [0.2, 0.25) is 0 Å². The van der Waals surface area contributed by atoms with E-state index in [1.165, 1.54) is 12.1 Å². The number of carbonyl (C=O) groups is 1. The fourth-order valence-electron chi connectivity index (χ4n) is 1.35. The Balaban J connectivity index is 0.00000225. The summed E-state index contributed by atoms with van der Waals surface area (Å²) in [6.45, 7) is 1.83. The molecule has 0 spiro atoms. The molecular weight excluding hydrogens is 233 g/mol. The second-order valence-corrected chi connectivity index (χ2v) is 3.68. The van der Waals surface area contributed by atoms with Gasteiger partial charge in [-0.25, -0.2) is 9.18 Å². The maximum atomic E-state index is 13.0. The number of hydrogen-bond acceptors (Lipinski definition) is 2. The Bertz CT molecular complexity index is 382. The van der Waals surface area contributed by atoms with Gasteiger partial charge in [0, 0.05) is 6.04 Å². The fraction of sp³-hybridized carbons (Fsp3) is 0.364. The zero-order valence-corrected chi connectivity index (χ0v) is 10.2. The van der Waals surface area contributed by atoms with Crippen LogP contribution in [0.5, 0.6) is 0 Å². The Hall–Kier alpha value is -1.13. The number of halogens is 2. The summed E-state index contributed by atoms with van der Waals surface area (Å²) in [5.74, 6) is -1.44. The summed E-state index contributed by atoms with van der Waals surface area (Å²) in [5.41, 5.74) is 0.644. The van der Waals surface area contributed by atoms with Gasteiger partial charge >= 0.3 is 5.97 Å². The number of aromatic carboxylic acids is 1. The number of rotatable bonds is 3. The smallest absolute Gasteiger partial charge is 0.336 e. The van der Waals surface area contributed by atoms with Gasteiger partial charge < -0.3 is 10.0 Å². The molecule has 1 aromatic carbocycles. The molecule has 0 aromatic heterocycles. The van der Waals surface area contributed by atoms with Crippen molar-refractivity contribution in [3.05, 3.63) is 35.1 Å². The maximum absolute atomic E-state index is 13.0. The minimum Gasteiger partial charge on any atom is -0.478 e. The molecule has 1 rings (SSSR count). The van der Waals surface area contributed by atoms with Crippen LogP contribution in [0, 0.1) is 5.82 Å². The molecule has 0 aliphatic heterocycles. The van der Waals surface area contributed by atoms with Gasteiger partial charge in [0.05, 0.1) is 5.56 Å². The SMILES string of the molecule is CC(c1cc(F)ccc1C(=O)O)N(C)C.Cl. The Morgan fingerprint density at radius 1 is 1.44 bits per heavy atom. The van der Waals surface area contributed by atoms with Crippen LogP contribution in [-0.2, 0) is 0 Å². The molecule has 3 nitrogen and oxygen atoms in total. The molecular formula is C11H15ClFNO2. The third-order valence-electron chi connectivity index (χ3n) is 2.47. The topological polar surface area (TPSA) is 40.5 Å². The molecule has 0 heterocycles. The first-order valence-electron chi connectivity index (χ1n) is 4.62. The first kappa shape index (κ1) is 14.9. The molecule has 0 saturated carbocycles. The first-order chi connectivity index (χ1) is 6.93. The molecule has 1 unspecified atom stereocenters. The number of carboxylic acid groups (broad SMARTS) is 1. The predicted molar refractivity (Wildman–Crippen MR) is 62.7 cm³/mol. The maximum Gasteiger partial charge on any atom is 0.336 e. The molecule has 90 valence electrons. The van der Waals surface area contributed by atoms with Crippen LogP contribution in [0.2, 0.25) is 0 Å². The molecule has 0 radical (unpaired) electrons. The molecule has 5 heteroatoms. The normalized spacial score (nSPS) is 12.1. The average Bonchev–Trinajstić information content (AvgIpc) is 2.15. The molecule has 0 aliphatic rings. The highest BCUT2D eigenvalue weighted by atomic mass is 35.5. The summed E-state index contributed by atoms with van der Waals surface area (Å²) in [5, 5.41) is 8.95. The minimum absolute atomic E-state index is 0. The molecule has 0 aliphatic carbocycles. The van der Waals surface area contributed by atoms with Crippen molar-refractivity contribution >= 4 is 18.4 Å². The lowest BCUT2D eigenvalue weighted by atomic mass is 10.0. The standard InChI is InChI=1S/C11H14FNO2.ClH/c1-7(13(2)3)10-6-8(12)4-5-9(10)11(14)15;/h4-7H,1-3H3,(H,14,15);1H. The van der Waals surface area contributed by atoms with Crippen LogP contribution in [-0.4, -0.2) is 30.1 Å². The first-order valence-corrected chi connectivity index (χ1v) is 4.62. The Kier molecular flexibility index (Phi) is 5.41. The second kappa shape index (κ2) is 5.82. The molecule has 1 atom stereocenters. The molecule has 16 heavy (non-hydrogen) atoms. The van der Waals surface area contributed by atoms with Gasteiger partial charge in [-0.1, -0.05) is 0 Å². The summed E-state index contributed by atoms with van der Waals surface area (Å²) in [4.78, 5) is 12.8. The van der Waals surface area contributed by atoms with Crippen molar-refractivity contribution in [2.45, 2.75) is 13.0 Å². The molecule has 0 fully saturated rings. The van der Waals surface area contributed by atoms with E-state index in [0.717, 1.165) is 6.07 Å². The number of carboxylic acids is 1. The molecule has 1 N–H and O–H groups in total. The second-order valence-electron chi connectivity index (χ2n) is 3.68. The summed E-state index contributed by atoms with van der Waals surface area (Å²) in [6.07, 6.45) is 0. The van der Waals surface area contributed by atoms with Crippen LogP contribution in [0.4, 0.5) is 4.39 Å². The van der Waals surface area contributed by atoms with Crippen LogP contribution < -0.4 is 0 Å². The third-order valence-corrected chi connectivity index (χ3v) is 2.47. The summed E-state index contributed by atoms with van der Waals surface area (Å²) in [6, 6.07) is 3.60. The van der Waals surface area contributed by atoms with Crippen LogP contribution in [0.15, 0.2) is 18.2 Å². The van der Waals surface area contributed by atoms with Crippen molar-refractivity contribution in [2.75, 3.05) is 14.1 Å². The van der Waals surface area contributed by atoms with Gasteiger partial charge in [-0.05, 0) is 44.8 Å². The van der Waals surface area contributed by atoms with Crippen LogP contribution in [0.3, 0.4) is 0 Å². The van der Waals surface area contributed by atoms with E-state index in [2.05, 4.69) is 0 Å². The van der Waals surface area contributed by atoms with E-state index in [1.54, 1.807) is 0 Å². The lowest BCUT2D eigenvalue weighted by Gasteiger charge is -2.21. The molecule has 0 saturated heterocycles. The number of benzene rings is 1. The quantitative estimate of drug-likeness (QED) is 0.893. The van der Waals surface area contributed by atoms with Crippen LogP contribution >= 0.6 is 12.4 Å². The van der Waals surface area contributed by atoms with Gasteiger partial charge in [0.25, 0.3) is 0 Å². The zero-order valence-electron chi connectivity index (χ0n) is 9.40. The van der Waals surface area contributed by atoms with E-state index in [9.17, 15) is 9.18 Å². The van der Waals surface area contributed by atoms with E-state index >= 15 is 0 Å². The Morgan fingerprint density at radius 2 is 2.00 bits per heavy atom. The van der Waals surface area contributed by atoms with Crippen molar-refractivity contribution in [1.29, 1.82) is 0 Å². The summed E-state index contributed by atoms with van der Waals surface area (Å²) < 4.78 is 13.0. The molecule has 1 aromatic rings. The van der Waals surface area contributed by atoms with Gasteiger partial charge in [0.1, 0.15) is 5.82 Å². The van der Waals surface area contributed by atoms with E-state index in [0.29, 0.717) is 5.56 Å². The van der Waals surface area contributed by atoms with E-state index in [-0.39, 0.29) is 24.0 Å². The predicted octanol–water partition coefficient (Wildman–Crippen LogP) is 2.57. The van der Waals surface area contributed by atoms with Crippen LogP contribution in [0.25, 0.3) is 0 Å². The van der Waals surface area contributed by atoms with Crippen LogP contribution in [0.1, 0.15) is 28.9 Å². The van der Waals surface area contributed by atoms with E-state index in [4.69, 9.17) is 5.11 Å². The lowest BCUT2D eigenvalue weighted by Crippen LogP contribution is -2.19. The van der Waals surface area contributed by atoms with Gasteiger partial charge in [-0.15, -0.1) is 12.4 Å². The fourth-order valence-corrected chi connectivity index (χ4v) is 1.35. The van der Waals surface area contributed by atoms with Crippen molar-refractivity contribution < 1.29 is 14.3 Å². The summed E-state index contributed by atoms with van der Waals surface area (Å²) in [7, 11) is 3.64. The average molecular weight is 248 g/mol. The third kappa shape index (κ3) is 3.18. The molecule has 0 bridgehead atoms. The molecule has 0 amide bonds. The van der Waals surface area contributed by atoms with Gasteiger partial charge in [-0.2, -0.15) is 0 Å². The van der Waals surface area contributed by atoms with Crippen molar-refractivity contribution in [2.24, 2.45) is 0 Å². The number of hydrogen-bond donors (Lipinski definition) is 1. The largest absolute Gasteiger partial charge is 0.478 e. The van der Waals surface area contributed by atoms with Crippen molar-refractivity contribution in [3.8, 4) is 0 Å². The highest BCUT2D eigenvalue weighted by Crippen LogP contribution is 2.22.